The first kappa shape index (κ1) is 15.1. The van der Waals surface area contributed by atoms with E-state index in [1.54, 1.807) is 18.2 Å². The number of nitrogens with one attached hydrogen (secondary N) is 1. The molecule has 0 aromatic heterocycles. The zero-order valence-electron chi connectivity index (χ0n) is 11.4. The lowest BCUT2D eigenvalue weighted by atomic mass is 10.1. The van der Waals surface area contributed by atoms with Crippen molar-refractivity contribution >= 4 is 0 Å². The van der Waals surface area contributed by atoms with Crippen LogP contribution in [0.2, 0.25) is 0 Å². The van der Waals surface area contributed by atoms with Gasteiger partial charge in [0.2, 0.25) is 0 Å². The van der Waals surface area contributed by atoms with Crippen molar-refractivity contribution in [2.24, 2.45) is 0 Å². The number of ether oxygens (including phenoxy) is 1. The number of hydrogen-bond acceptors (Lipinski definition) is 3. The highest BCUT2D eigenvalue weighted by Gasteiger charge is 2.32. The molecule has 0 bridgehead atoms. The molecule has 1 N–H and O–H groups in total. The zero-order valence-corrected chi connectivity index (χ0v) is 11.4. The van der Waals surface area contributed by atoms with Crippen LogP contribution in [0.1, 0.15) is 18.4 Å². The Morgan fingerprint density at radius 1 is 1.25 bits per heavy atom. The molecule has 0 spiro atoms. The SMILES string of the molecule is CN1CCC(NCc2ccccc2OC(F)(F)F)CC1. The van der Waals surface area contributed by atoms with E-state index >= 15 is 0 Å². The van der Waals surface area contributed by atoms with Crippen LogP contribution in [0.25, 0.3) is 0 Å². The average Bonchev–Trinajstić information content (AvgIpc) is 2.38. The fraction of sp³-hybridized carbons (Fsp3) is 0.571. The third kappa shape index (κ3) is 4.68. The molecule has 0 atom stereocenters. The first-order valence-electron chi connectivity index (χ1n) is 6.69. The van der Waals surface area contributed by atoms with E-state index in [-0.39, 0.29) is 5.75 Å². The zero-order chi connectivity index (χ0) is 14.6. The van der Waals surface area contributed by atoms with Crippen molar-refractivity contribution in [2.45, 2.75) is 31.8 Å². The minimum absolute atomic E-state index is 0.125. The average molecular weight is 288 g/mol. The van der Waals surface area contributed by atoms with E-state index in [0.29, 0.717) is 18.2 Å². The van der Waals surface area contributed by atoms with Gasteiger partial charge in [0.1, 0.15) is 5.75 Å². The van der Waals surface area contributed by atoms with Crippen LogP contribution < -0.4 is 10.1 Å². The van der Waals surface area contributed by atoms with Gasteiger partial charge in [0, 0.05) is 18.2 Å². The van der Waals surface area contributed by atoms with Crippen molar-refractivity contribution in [3.05, 3.63) is 29.8 Å². The second-order valence-electron chi connectivity index (χ2n) is 5.11. The van der Waals surface area contributed by atoms with Crippen LogP contribution in [0, 0.1) is 0 Å². The second-order valence-corrected chi connectivity index (χ2v) is 5.11. The molecule has 0 radical (unpaired) electrons. The van der Waals surface area contributed by atoms with E-state index in [2.05, 4.69) is 22.0 Å². The summed E-state index contributed by atoms with van der Waals surface area (Å²) in [5, 5.41) is 3.31. The number of halogens is 3. The summed E-state index contributed by atoms with van der Waals surface area (Å²) < 4.78 is 41.0. The van der Waals surface area contributed by atoms with Gasteiger partial charge in [-0.2, -0.15) is 0 Å². The topological polar surface area (TPSA) is 24.5 Å². The lowest BCUT2D eigenvalue weighted by Gasteiger charge is -2.29. The largest absolute Gasteiger partial charge is 0.573 e. The molecule has 1 aliphatic rings. The van der Waals surface area contributed by atoms with Gasteiger partial charge in [-0.05, 0) is 39.0 Å². The minimum Gasteiger partial charge on any atom is -0.405 e. The lowest BCUT2D eigenvalue weighted by Crippen LogP contribution is -2.40. The molecule has 0 amide bonds. The Kier molecular flexibility index (Phi) is 4.88. The molecular formula is C14H19F3N2O. The molecule has 1 fully saturated rings. The van der Waals surface area contributed by atoms with E-state index in [1.807, 2.05) is 0 Å². The molecule has 1 aliphatic heterocycles. The monoisotopic (exact) mass is 288 g/mol. The van der Waals surface area contributed by atoms with Gasteiger partial charge in [-0.15, -0.1) is 13.2 Å². The quantitative estimate of drug-likeness (QED) is 0.922. The minimum atomic E-state index is -4.65. The Balaban J connectivity index is 1.92. The Labute approximate surface area is 116 Å². The smallest absolute Gasteiger partial charge is 0.405 e. The second kappa shape index (κ2) is 6.45. The summed E-state index contributed by atoms with van der Waals surface area (Å²) in [5.74, 6) is -0.125. The van der Waals surface area contributed by atoms with Crippen LogP contribution in [-0.2, 0) is 6.54 Å². The standard InChI is InChI=1S/C14H19F3N2O/c1-19-8-6-12(7-9-19)18-10-11-4-2-3-5-13(11)20-14(15,16)17/h2-5,12,18H,6-10H2,1H3. The Morgan fingerprint density at radius 2 is 1.90 bits per heavy atom. The predicted molar refractivity (Wildman–Crippen MR) is 70.5 cm³/mol. The molecule has 1 heterocycles. The van der Waals surface area contributed by atoms with Crippen LogP contribution >= 0.6 is 0 Å². The maximum atomic E-state index is 12.3. The summed E-state index contributed by atoms with van der Waals surface area (Å²) in [6, 6.07) is 6.61. The maximum absolute atomic E-state index is 12.3. The lowest BCUT2D eigenvalue weighted by molar-refractivity contribution is -0.274. The van der Waals surface area contributed by atoms with E-state index in [9.17, 15) is 13.2 Å². The third-order valence-electron chi connectivity index (χ3n) is 3.50. The number of para-hydroxylation sites is 1. The van der Waals surface area contributed by atoms with Crippen LogP contribution in [0.3, 0.4) is 0 Å². The van der Waals surface area contributed by atoms with E-state index < -0.39 is 6.36 Å². The molecule has 0 aliphatic carbocycles. The third-order valence-corrected chi connectivity index (χ3v) is 3.50. The summed E-state index contributed by atoms with van der Waals surface area (Å²) in [4.78, 5) is 2.25. The molecule has 1 aromatic rings. The van der Waals surface area contributed by atoms with Crippen molar-refractivity contribution in [3.63, 3.8) is 0 Å². The van der Waals surface area contributed by atoms with Gasteiger partial charge in [0.15, 0.2) is 0 Å². The molecule has 112 valence electrons. The predicted octanol–water partition coefficient (Wildman–Crippen LogP) is 2.77. The summed E-state index contributed by atoms with van der Waals surface area (Å²) in [7, 11) is 2.07. The number of benzene rings is 1. The molecule has 0 saturated carbocycles. The number of rotatable bonds is 4. The van der Waals surface area contributed by atoms with Gasteiger partial charge in [-0.25, -0.2) is 0 Å². The highest BCUT2D eigenvalue weighted by molar-refractivity contribution is 5.33. The van der Waals surface area contributed by atoms with Gasteiger partial charge < -0.3 is 15.0 Å². The first-order chi connectivity index (χ1) is 9.44. The Morgan fingerprint density at radius 3 is 2.55 bits per heavy atom. The van der Waals surface area contributed by atoms with Gasteiger partial charge in [-0.1, -0.05) is 18.2 Å². The number of hydrogen-bond donors (Lipinski definition) is 1. The van der Waals surface area contributed by atoms with E-state index in [0.717, 1.165) is 25.9 Å². The van der Waals surface area contributed by atoms with Crippen molar-refractivity contribution in [3.8, 4) is 5.75 Å². The normalized spacial score (nSPS) is 18.2. The van der Waals surface area contributed by atoms with E-state index in [4.69, 9.17) is 0 Å². The maximum Gasteiger partial charge on any atom is 0.573 e. The van der Waals surface area contributed by atoms with Gasteiger partial charge >= 0.3 is 6.36 Å². The molecule has 20 heavy (non-hydrogen) atoms. The van der Waals surface area contributed by atoms with Crippen molar-refractivity contribution < 1.29 is 17.9 Å². The summed E-state index contributed by atoms with van der Waals surface area (Å²) in [6.07, 6.45) is -2.62. The molecule has 1 aromatic carbocycles. The van der Waals surface area contributed by atoms with Gasteiger partial charge in [0.25, 0.3) is 0 Å². The number of piperidine rings is 1. The highest BCUT2D eigenvalue weighted by atomic mass is 19.4. The Hall–Kier alpha value is -1.27. The number of likely N-dealkylation sites (tertiary alicyclic amines) is 1. The molecule has 3 nitrogen and oxygen atoms in total. The first-order valence-corrected chi connectivity index (χ1v) is 6.69. The molecule has 0 unspecified atom stereocenters. The summed E-state index contributed by atoms with van der Waals surface area (Å²) >= 11 is 0. The summed E-state index contributed by atoms with van der Waals surface area (Å²) in [5.41, 5.74) is 0.531. The fourth-order valence-electron chi connectivity index (χ4n) is 2.34. The molecule has 2 rings (SSSR count). The summed E-state index contributed by atoms with van der Waals surface area (Å²) in [6.45, 7) is 2.41. The van der Waals surface area contributed by atoms with Crippen molar-refractivity contribution in [1.82, 2.24) is 10.2 Å². The fourth-order valence-corrected chi connectivity index (χ4v) is 2.34. The van der Waals surface area contributed by atoms with Crippen LogP contribution in [-0.4, -0.2) is 37.4 Å². The van der Waals surface area contributed by atoms with Gasteiger partial charge in [-0.3, -0.25) is 0 Å². The molecular weight excluding hydrogens is 269 g/mol. The van der Waals surface area contributed by atoms with Gasteiger partial charge in [0.05, 0.1) is 0 Å². The van der Waals surface area contributed by atoms with E-state index in [1.165, 1.54) is 6.07 Å². The van der Waals surface area contributed by atoms with Crippen molar-refractivity contribution in [2.75, 3.05) is 20.1 Å². The Bertz CT molecular complexity index is 429. The van der Waals surface area contributed by atoms with Crippen LogP contribution in [0.15, 0.2) is 24.3 Å². The van der Waals surface area contributed by atoms with Crippen LogP contribution in [0.4, 0.5) is 13.2 Å². The van der Waals surface area contributed by atoms with Crippen LogP contribution in [0.5, 0.6) is 5.75 Å². The molecule has 1 saturated heterocycles. The number of nitrogens with zero attached hydrogens (tertiary/aromatic N) is 1. The number of alkyl halides is 3. The highest BCUT2D eigenvalue weighted by Crippen LogP contribution is 2.26. The molecule has 6 heteroatoms. The van der Waals surface area contributed by atoms with Crippen molar-refractivity contribution in [1.29, 1.82) is 0 Å².